The first-order valence-electron chi connectivity index (χ1n) is 8.86. The van der Waals surface area contributed by atoms with Crippen LogP contribution in [0.5, 0.6) is 0 Å². The van der Waals surface area contributed by atoms with Gasteiger partial charge in [0.15, 0.2) is 0 Å². The number of benzene rings is 2. The number of hydrogen-bond acceptors (Lipinski definition) is 3. The topological polar surface area (TPSA) is 55.0 Å². The highest BCUT2D eigenvalue weighted by atomic mass is 16.5. The highest BCUT2D eigenvalue weighted by molar-refractivity contribution is 5.91. The number of fused-ring (bicyclic) bond motifs is 1. The zero-order chi connectivity index (χ0) is 18.8. The van der Waals surface area contributed by atoms with E-state index in [1.807, 2.05) is 30.3 Å². The number of aromatic nitrogens is 2. The van der Waals surface area contributed by atoms with Crippen LogP contribution >= 0.6 is 0 Å². The van der Waals surface area contributed by atoms with E-state index in [0.717, 1.165) is 22.5 Å². The second-order valence-electron chi connectivity index (χ2n) is 6.58. The fourth-order valence-electron chi connectivity index (χ4n) is 3.38. The van der Waals surface area contributed by atoms with Gasteiger partial charge in [-0.3, -0.25) is 0 Å². The minimum atomic E-state index is -0.422. The van der Waals surface area contributed by atoms with Gasteiger partial charge in [0.2, 0.25) is 0 Å². The van der Waals surface area contributed by atoms with Gasteiger partial charge in [-0.25, -0.2) is 9.78 Å². The van der Waals surface area contributed by atoms with Crippen LogP contribution in [0.1, 0.15) is 27.3 Å². The van der Waals surface area contributed by atoms with Crippen LogP contribution < -0.4 is 0 Å². The summed E-state index contributed by atoms with van der Waals surface area (Å²) in [5, 5.41) is 1.17. The maximum absolute atomic E-state index is 11.8. The summed E-state index contributed by atoms with van der Waals surface area (Å²) < 4.78 is 4.80. The molecule has 0 bridgehead atoms. The first-order chi connectivity index (χ1) is 13.2. The van der Waals surface area contributed by atoms with Gasteiger partial charge in [0.25, 0.3) is 0 Å². The van der Waals surface area contributed by atoms with Gasteiger partial charge in [0.05, 0.1) is 12.8 Å². The standard InChI is InChI=1S/C23H20N2O2/c1-15-11-12-18-19(14-17-9-6-10-20(24-17)23(26)27-2)22(25-21(18)13-15)16-7-4-3-5-8-16/h3-13,25H,14H2,1-2H3. The van der Waals surface area contributed by atoms with Gasteiger partial charge in [-0.2, -0.15) is 0 Å². The van der Waals surface area contributed by atoms with Crippen molar-refractivity contribution in [2.45, 2.75) is 13.3 Å². The molecule has 0 spiro atoms. The van der Waals surface area contributed by atoms with Crippen molar-refractivity contribution in [3.05, 3.63) is 89.2 Å². The Labute approximate surface area is 157 Å². The molecule has 2 heterocycles. The van der Waals surface area contributed by atoms with Crippen LogP contribution in [-0.4, -0.2) is 23.0 Å². The Morgan fingerprint density at radius 1 is 1.04 bits per heavy atom. The Kier molecular flexibility index (Phi) is 4.47. The van der Waals surface area contributed by atoms with Crippen LogP contribution in [0.2, 0.25) is 0 Å². The third kappa shape index (κ3) is 3.34. The highest BCUT2D eigenvalue weighted by Crippen LogP contribution is 2.32. The fourth-order valence-corrected chi connectivity index (χ4v) is 3.38. The first-order valence-corrected chi connectivity index (χ1v) is 8.86. The van der Waals surface area contributed by atoms with E-state index in [1.54, 1.807) is 6.07 Å². The van der Waals surface area contributed by atoms with Gasteiger partial charge in [0, 0.05) is 23.0 Å². The average Bonchev–Trinajstić information content (AvgIpc) is 3.05. The number of hydrogen-bond donors (Lipinski definition) is 1. The summed E-state index contributed by atoms with van der Waals surface area (Å²) in [5.74, 6) is -0.422. The van der Waals surface area contributed by atoms with E-state index in [2.05, 4.69) is 47.2 Å². The molecule has 0 atom stereocenters. The summed E-state index contributed by atoms with van der Waals surface area (Å²) in [6, 6.07) is 22.1. The molecule has 0 unspecified atom stereocenters. The summed E-state index contributed by atoms with van der Waals surface area (Å²) in [6.45, 7) is 2.09. The summed E-state index contributed by atoms with van der Waals surface area (Å²) in [5.41, 5.74) is 6.86. The largest absolute Gasteiger partial charge is 0.464 e. The molecule has 1 N–H and O–H groups in total. The summed E-state index contributed by atoms with van der Waals surface area (Å²) in [4.78, 5) is 19.9. The Balaban J connectivity index is 1.84. The third-order valence-electron chi connectivity index (χ3n) is 4.68. The monoisotopic (exact) mass is 356 g/mol. The number of nitrogens with one attached hydrogen (secondary N) is 1. The van der Waals surface area contributed by atoms with Crippen LogP contribution in [0.15, 0.2) is 66.7 Å². The summed E-state index contributed by atoms with van der Waals surface area (Å²) >= 11 is 0. The van der Waals surface area contributed by atoms with E-state index in [9.17, 15) is 4.79 Å². The van der Waals surface area contributed by atoms with Gasteiger partial charge >= 0.3 is 5.97 Å². The number of carbonyl (C=O) groups is 1. The maximum atomic E-state index is 11.8. The van der Waals surface area contributed by atoms with E-state index in [1.165, 1.54) is 23.6 Å². The van der Waals surface area contributed by atoms with E-state index in [4.69, 9.17) is 4.74 Å². The quantitative estimate of drug-likeness (QED) is 0.528. The van der Waals surface area contributed by atoms with Crippen LogP contribution in [0.25, 0.3) is 22.2 Å². The zero-order valence-electron chi connectivity index (χ0n) is 15.3. The molecule has 4 nitrogen and oxygen atoms in total. The van der Waals surface area contributed by atoms with Crippen molar-refractivity contribution in [2.24, 2.45) is 0 Å². The number of esters is 1. The lowest BCUT2D eigenvalue weighted by Gasteiger charge is -2.07. The van der Waals surface area contributed by atoms with Crippen molar-refractivity contribution in [1.82, 2.24) is 9.97 Å². The fraction of sp³-hybridized carbons (Fsp3) is 0.130. The smallest absolute Gasteiger partial charge is 0.356 e. The van der Waals surface area contributed by atoms with Gasteiger partial charge in [-0.05, 0) is 41.8 Å². The molecule has 4 aromatic rings. The summed E-state index contributed by atoms with van der Waals surface area (Å²) in [6.07, 6.45) is 0.623. The molecule has 0 saturated carbocycles. The van der Waals surface area contributed by atoms with Crippen LogP contribution in [0.3, 0.4) is 0 Å². The van der Waals surface area contributed by atoms with Crippen LogP contribution in [-0.2, 0) is 11.2 Å². The zero-order valence-corrected chi connectivity index (χ0v) is 15.3. The summed E-state index contributed by atoms with van der Waals surface area (Å²) in [7, 11) is 1.37. The molecule has 2 aromatic carbocycles. The van der Waals surface area contributed by atoms with Gasteiger partial charge in [-0.15, -0.1) is 0 Å². The minimum absolute atomic E-state index is 0.326. The Bertz CT molecular complexity index is 1110. The maximum Gasteiger partial charge on any atom is 0.356 e. The Morgan fingerprint density at radius 3 is 2.63 bits per heavy atom. The predicted octanol–water partition coefficient (Wildman–Crippen LogP) is 4.92. The van der Waals surface area contributed by atoms with Gasteiger partial charge in [-0.1, -0.05) is 48.5 Å². The molecule has 27 heavy (non-hydrogen) atoms. The Morgan fingerprint density at radius 2 is 1.85 bits per heavy atom. The average molecular weight is 356 g/mol. The SMILES string of the molecule is COC(=O)c1cccc(Cc2c(-c3ccccc3)[nH]c3cc(C)ccc23)n1. The lowest BCUT2D eigenvalue weighted by atomic mass is 10.0. The van der Waals surface area contributed by atoms with Gasteiger partial charge < -0.3 is 9.72 Å². The van der Waals surface area contributed by atoms with E-state index >= 15 is 0 Å². The molecular weight excluding hydrogens is 336 g/mol. The van der Waals surface area contributed by atoms with Gasteiger partial charge in [0.1, 0.15) is 5.69 Å². The third-order valence-corrected chi connectivity index (χ3v) is 4.68. The van der Waals surface area contributed by atoms with Crippen molar-refractivity contribution in [2.75, 3.05) is 7.11 Å². The van der Waals surface area contributed by atoms with E-state index in [-0.39, 0.29) is 0 Å². The molecule has 4 heteroatoms. The number of methoxy groups -OCH3 is 1. The van der Waals surface area contributed by atoms with Crippen molar-refractivity contribution in [3.8, 4) is 11.3 Å². The second-order valence-corrected chi connectivity index (χ2v) is 6.58. The molecule has 0 radical (unpaired) electrons. The number of carbonyl (C=O) groups excluding carboxylic acids is 1. The Hall–Kier alpha value is -3.40. The number of ether oxygens (including phenoxy) is 1. The lowest BCUT2D eigenvalue weighted by molar-refractivity contribution is 0.0593. The molecule has 4 rings (SSSR count). The normalized spacial score (nSPS) is 10.9. The molecule has 2 aromatic heterocycles. The van der Waals surface area contributed by atoms with Crippen LogP contribution in [0, 0.1) is 6.92 Å². The van der Waals surface area contributed by atoms with Crippen molar-refractivity contribution >= 4 is 16.9 Å². The molecule has 0 saturated heterocycles. The lowest BCUT2D eigenvalue weighted by Crippen LogP contribution is -2.06. The molecule has 0 aliphatic rings. The number of aromatic amines is 1. The molecule has 0 amide bonds. The first kappa shape index (κ1) is 17.0. The molecule has 134 valence electrons. The van der Waals surface area contributed by atoms with Crippen molar-refractivity contribution in [3.63, 3.8) is 0 Å². The van der Waals surface area contributed by atoms with E-state index < -0.39 is 5.97 Å². The number of aryl methyl sites for hydroxylation is 1. The number of rotatable bonds is 4. The second kappa shape index (κ2) is 7.08. The molecular formula is C23H20N2O2. The minimum Gasteiger partial charge on any atom is -0.464 e. The molecule has 0 fully saturated rings. The van der Waals surface area contributed by atoms with Crippen LogP contribution in [0.4, 0.5) is 0 Å². The van der Waals surface area contributed by atoms with Crippen molar-refractivity contribution < 1.29 is 9.53 Å². The molecule has 0 aliphatic heterocycles. The number of H-pyrrole nitrogens is 1. The van der Waals surface area contributed by atoms with Crippen molar-refractivity contribution in [1.29, 1.82) is 0 Å². The number of pyridine rings is 1. The molecule has 0 aliphatic carbocycles. The number of nitrogens with zero attached hydrogens (tertiary/aromatic N) is 1. The predicted molar refractivity (Wildman–Crippen MR) is 107 cm³/mol. The van der Waals surface area contributed by atoms with E-state index in [0.29, 0.717) is 12.1 Å². The highest BCUT2D eigenvalue weighted by Gasteiger charge is 2.15.